The fourth-order valence-corrected chi connectivity index (χ4v) is 4.32. The van der Waals surface area contributed by atoms with E-state index in [4.69, 9.17) is 4.74 Å². The van der Waals surface area contributed by atoms with Crippen molar-refractivity contribution in [3.05, 3.63) is 100 Å². The molecule has 2 aromatic heterocycles. The predicted octanol–water partition coefficient (Wildman–Crippen LogP) is 5.87. The Labute approximate surface area is 220 Å². The number of esters is 1. The van der Waals surface area contributed by atoms with E-state index >= 15 is 0 Å². The summed E-state index contributed by atoms with van der Waals surface area (Å²) in [6.45, 7) is 3.50. The molecule has 0 saturated carbocycles. The minimum Gasteiger partial charge on any atom is -0.462 e. The van der Waals surface area contributed by atoms with Gasteiger partial charge >= 0.3 is 12.1 Å². The topological polar surface area (TPSA) is 78.5 Å². The van der Waals surface area contributed by atoms with E-state index in [1.807, 2.05) is 24.3 Å². The Balaban J connectivity index is 1.65. The van der Waals surface area contributed by atoms with Crippen LogP contribution < -0.4 is 5.56 Å². The monoisotopic (exact) mass is 532 g/mol. The molecule has 0 aliphatic rings. The minimum absolute atomic E-state index is 0.0283. The van der Waals surface area contributed by atoms with Crippen molar-refractivity contribution < 1.29 is 22.7 Å². The normalized spacial score (nSPS) is 12.2. The van der Waals surface area contributed by atoms with E-state index < -0.39 is 23.3 Å². The molecule has 0 spiro atoms. The van der Waals surface area contributed by atoms with E-state index in [2.05, 4.69) is 10.1 Å². The summed E-state index contributed by atoms with van der Waals surface area (Å²) in [5.74, 6) is -0.443. The highest BCUT2D eigenvalue weighted by Gasteiger charge is 2.31. The van der Waals surface area contributed by atoms with Crippen LogP contribution in [0.25, 0.3) is 33.2 Å². The SMILES string of the molecule is CC(C)OC(=O)Cn1cc(C=Nn2c(-c3cccc(C(F)(F)F)c3)nc3ccccc3c2=O)c2ccccc21. The fourth-order valence-electron chi connectivity index (χ4n) is 4.32. The van der Waals surface area contributed by atoms with Crippen LogP contribution in [0.1, 0.15) is 25.0 Å². The number of fused-ring (bicyclic) bond motifs is 2. The summed E-state index contributed by atoms with van der Waals surface area (Å²) in [6.07, 6.45) is -1.69. The third-order valence-corrected chi connectivity index (χ3v) is 6.00. The minimum atomic E-state index is -4.57. The van der Waals surface area contributed by atoms with Crippen molar-refractivity contribution in [3.63, 3.8) is 0 Å². The number of rotatable bonds is 6. The molecular formula is C29H23F3N4O3. The van der Waals surface area contributed by atoms with E-state index in [1.54, 1.807) is 48.9 Å². The van der Waals surface area contributed by atoms with Gasteiger partial charge in [-0.15, -0.1) is 0 Å². The molecule has 0 aliphatic heterocycles. The smallest absolute Gasteiger partial charge is 0.416 e. The number of para-hydroxylation sites is 2. The number of ether oxygens (including phenoxy) is 1. The van der Waals surface area contributed by atoms with Crippen LogP contribution in [-0.4, -0.2) is 32.5 Å². The van der Waals surface area contributed by atoms with Crippen molar-refractivity contribution in [2.45, 2.75) is 32.7 Å². The molecule has 5 rings (SSSR count). The number of halogens is 3. The van der Waals surface area contributed by atoms with Crippen molar-refractivity contribution >= 4 is 34.0 Å². The second-order valence-corrected chi connectivity index (χ2v) is 9.16. The standard InChI is InChI=1S/C29H23F3N4O3/c1-18(2)39-26(37)17-35-16-20(22-10-4-6-13-25(22)35)15-33-36-27(19-8-7-9-21(14-19)29(30,31)32)34-24-12-5-3-11-23(24)28(36)38/h3-16,18H,17H2,1-2H3. The van der Waals surface area contributed by atoms with Gasteiger partial charge in [-0.25, -0.2) is 4.98 Å². The van der Waals surface area contributed by atoms with Crippen molar-refractivity contribution in [3.8, 4) is 11.4 Å². The molecule has 0 bridgehead atoms. The van der Waals surface area contributed by atoms with E-state index in [1.165, 1.54) is 18.3 Å². The molecule has 5 aromatic rings. The van der Waals surface area contributed by atoms with Gasteiger partial charge in [-0.3, -0.25) is 9.59 Å². The number of aromatic nitrogens is 3. The van der Waals surface area contributed by atoms with Crippen LogP contribution in [0.4, 0.5) is 13.2 Å². The highest BCUT2D eigenvalue weighted by Crippen LogP contribution is 2.32. The Morgan fingerprint density at radius 3 is 2.49 bits per heavy atom. The maximum Gasteiger partial charge on any atom is 0.416 e. The summed E-state index contributed by atoms with van der Waals surface area (Å²) in [4.78, 5) is 30.3. The third-order valence-electron chi connectivity index (χ3n) is 6.00. The number of carbonyl (C=O) groups is 1. The van der Waals surface area contributed by atoms with Crippen LogP contribution >= 0.6 is 0 Å². The van der Waals surface area contributed by atoms with E-state index in [9.17, 15) is 22.8 Å². The molecule has 0 saturated heterocycles. The van der Waals surface area contributed by atoms with Gasteiger partial charge < -0.3 is 9.30 Å². The lowest BCUT2D eigenvalue weighted by Gasteiger charge is -2.12. The molecule has 10 heteroatoms. The van der Waals surface area contributed by atoms with Gasteiger partial charge in [0.2, 0.25) is 0 Å². The number of carbonyl (C=O) groups excluding carboxylic acids is 1. The molecule has 2 heterocycles. The first-order chi connectivity index (χ1) is 18.6. The molecule has 7 nitrogen and oxygen atoms in total. The summed E-state index contributed by atoms with van der Waals surface area (Å²) in [7, 11) is 0. The lowest BCUT2D eigenvalue weighted by Crippen LogP contribution is -2.20. The van der Waals surface area contributed by atoms with Gasteiger partial charge in [0.15, 0.2) is 5.82 Å². The van der Waals surface area contributed by atoms with E-state index in [0.29, 0.717) is 11.1 Å². The lowest BCUT2D eigenvalue weighted by molar-refractivity contribution is -0.148. The molecule has 0 aliphatic carbocycles. The van der Waals surface area contributed by atoms with Crippen LogP contribution in [0, 0.1) is 0 Å². The van der Waals surface area contributed by atoms with Gasteiger partial charge in [0.25, 0.3) is 5.56 Å². The van der Waals surface area contributed by atoms with Crippen molar-refractivity contribution in [1.82, 2.24) is 14.2 Å². The van der Waals surface area contributed by atoms with Gasteiger partial charge in [0.05, 0.1) is 28.8 Å². The van der Waals surface area contributed by atoms with Crippen LogP contribution in [0.5, 0.6) is 0 Å². The number of alkyl halides is 3. The summed E-state index contributed by atoms with van der Waals surface area (Å²) >= 11 is 0. The largest absolute Gasteiger partial charge is 0.462 e. The molecule has 39 heavy (non-hydrogen) atoms. The van der Waals surface area contributed by atoms with Crippen LogP contribution in [0.15, 0.2) is 88.9 Å². The van der Waals surface area contributed by atoms with Crippen LogP contribution in [0.3, 0.4) is 0 Å². The summed E-state index contributed by atoms with van der Waals surface area (Å²) < 4.78 is 48.3. The maximum absolute atomic E-state index is 13.5. The zero-order valence-corrected chi connectivity index (χ0v) is 21.0. The number of hydrogen-bond acceptors (Lipinski definition) is 5. The average Bonchev–Trinajstić information content (AvgIpc) is 3.24. The lowest BCUT2D eigenvalue weighted by atomic mass is 10.1. The van der Waals surface area contributed by atoms with E-state index in [0.717, 1.165) is 27.7 Å². The van der Waals surface area contributed by atoms with Gasteiger partial charge in [0, 0.05) is 28.2 Å². The van der Waals surface area contributed by atoms with Crippen molar-refractivity contribution in [2.75, 3.05) is 0 Å². The highest BCUT2D eigenvalue weighted by atomic mass is 19.4. The first-order valence-corrected chi connectivity index (χ1v) is 12.1. The highest BCUT2D eigenvalue weighted by molar-refractivity contribution is 6.00. The van der Waals surface area contributed by atoms with Crippen molar-refractivity contribution in [1.29, 1.82) is 0 Å². The summed E-state index contributed by atoms with van der Waals surface area (Å²) in [5, 5.41) is 5.42. The van der Waals surface area contributed by atoms with Crippen LogP contribution in [-0.2, 0) is 22.3 Å². The van der Waals surface area contributed by atoms with Gasteiger partial charge in [-0.1, -0.05) is 42.5 Å². The molecule has 0 fully saturated rings. The average molecular weight is 533 g/mol. The fraction of sp³-hybridized carbons (Fsp3) is 0.172. The van der Waals surface area contributed by atoms with Crippen molar-refractivity contribution in [2.24, 2.45) is 5.10 Å². The quantitative estimate of drug-likeness (QED) is 0.202. The first kappa shape index (κ1) is 25.9. The maximum atomic E-state index is 13.5. The molecule has 0 atom stereocenters. The summed E-state index contributed by atoms with van der Waals surface area (Å²) in [5.41, 5.74) is 0.368. The van der Waals surface area contributed by atoms with Gasteiger partial charge in [-0.2, -0.15) is 22.9 Å². The van der Waals surface area contributed by atoms with E-state index in [-0.39, 0.29) is 29.4 Å². The first-order valence-electron chi connectivity index (χ1n) is 12.1. The Morgan fingerprint density at radius 1 is 1.03 bits per heavy atom. The van der Waals surface area contributed by atoms with Crippen LogP contribution in [0.2, 0.25) is 0 Å². The Kier molecular flexibility index (Phi) is 6.78. The molecule has 0 N–H and O–H groups in total. The second kappa shape index (κ2) is 10.2. The number of hydrogen-bond donors (Lipinski definition) is 0. The molecule has 198 valence electrons. The molecule has 3 aromatic carbocycles. The predicted molar refractivity (Wildman–Crippen MR) is 143 cm³/mol. The number of nitrogens with zero attached hydrogens (tertiary/aromatic N) is 4. The second-order valence-electron chi connectivity index (χ2n) is 9.16. The Hall–Kier alpha value is -4.73. The van der Waals surface area contributed by atoms with Gasteiger partial charge in [-0.05, 0) is 44.2 Å². The third kappa shape index (κ3) is 5.31. The number of benzene rings is 3. The molecule has 0 amide bonds. The zero-order chi connectivity index (χ0) is 27.7. The molecule has 0 radical (unpaired) electrons. The molecule has 0 unspecified atom stereocenters. The zero-order valence-electron chi connectivity index (χ0n) is 21.0. The Bertz CT molecular complexity index is 1780. The molecular weight excluding hydrogens is 509 g/mol. The Morgan fingerprint density at radius 2 is 1.74 bits per heavy atom. The summed E-state index contributed by atoms with van der Waals surface area (Å²) in [6, 6.07) is 18.5. The van der Waals surface area contributed by atoms with Gasteiger partial charge in [0.1, 0.15) is 6.54 Å².